The first-order valence-corrected chi connectivity index (χ1v) is 7.87. The van der Waals surface area contributed by atoms with E-state index >= 15 is 0 Å². The van der Waals surface area contributed by atoms with Crippen LogP contribution in [0.25, 0.3) is 0 Å². The third kappa shape index (κ3) is 3.50. The number of hydrogen-bond acceptors (Lipinski definition) is 3. The highest BCUT2D eigenvalue weighted by Gasteiger charge is 2.38. The van der Waals surface area contributed by atoms with Crippen LogP contribution in [-0.4, -0.2) is 18.4 Å². The number of carbonyl (C=O) groups is 1. The molecule has 0 aromatic heterocycles. The van der Waals surface area contributed by atoms with Gasteiger partial charge in [0.25, 0.3) is 0 Å². The van der Waals surface area contributed by atoms with Crippen molar-refractivity contribution in [1.82, 2.24) is 0 Å². The summed E-state index contributed by atoms with van der Waals surface area (Å²) in [7, 11) is 0. The molecule has 0 bridgehead atoms. The Morgan fingerprint density at radius 2 is 2.05 bits per heavy atom. The summed E-state index contributed by atoms with van der Waals surface area (Å²) in [6, 6.07) is 0. The molecular formula is C16H28O3. The number of esters is 1. The number of carbonyl (C=O) groups excluding carboxylic acids is 1. The molecule has 1 aliphatic heterocycles. The van der Waals surface area contributed by atoms with Crippen LogP contribution in [0.5, 0.6) is 0 Å². The fourth-order valence-electron chi connectivity index (χ4n) is 3.49. The zero-order chi connectivity index (χ0) is 14.0. The highest BCUT2D eigenvalue weighted by molar-refractivity contribution is 5.74. The van der Waals surface area contributed by atoms with E-state index in [4.69, 9.17) is 9.47 Å². The predicted molar refractivity (Wildman–Crippen MR) is 74.5 cm³/mol. The zero-order valence-corrected chi connectivity index (χ0v) is 12.7. The summed E-state index contributed by atoms with van der Waals surface area (Å²) in [5.74, 6) is 1.94. The van der Waals surface area contributed by atoms with Gasteiger partial charge in [0.2, 0.25) is 6.29 Å². The van der Waals surface area contributed by atoms with Crippen molar-refractivity contribution in [2.75, 3.05) is 0 Å². The summed E-state index contributed by atoms with van der Waals surface area (Å²) in [6.07, 6.45) is 5.20. The van der Waals surface area contributed by atoms with E-state index in [0.717, 1.165) is 25.2 Å². The largest absolute Gasteiger partial charge is 0.435 e. The Morgan fingerprint density at radius 3 is 2.63 bits per heavy atom. The van der Waals surface area contributed by atoms with E-state index in [0.29, 0.717) is 11.8 Å². The molecule has 1 heterocycles. The van der Waals surface area contributed by atoms with Crippen LogP contribution in [0.3, 0.4) is 0 Å². The van der Waals surface area contributed by atoms with Gasteiger partial charge in [-0.15, -0.1) is 0 Å². The average molecular weight is 268 g/mol. The van der Waals surface area contributed by atoms with Gasteiger partial charge in [0.15, 0.2) is 0 Å². The van der Waals surface area contributed by atoms with Crippen LogP contribution in [-0.2, 0) is 14.3 Å². The fourth-order valence-corrected chi connectivity index (χ4v) is 3.49. The molecule has 5 atom stereocenters. The van der Waals surface area contributed by atoms with Crippen LogP contribution in [0.15, 0.2) is 0 Å². The Morgan fingerprint density at radius 1 is 1.32 bits per heavy atom. The van der Waals surface area contributed by atoms with Crippen LogP contribution in [0.4, 0.5) is 0 Å². The van der Waals surface area contributed by atoms with E-state index in [1.807, 2.05) is 6.92 Å². The van der Waals surface area contributed by atoms with Crippen molar-refractivity contribution < 1.29 is 14.3 Å². The molecule has 0 N–H and O–H groups in total. The highest BCUT2D eigenvalue weighted by atomic mass is 16.7. The number of cyclic esters (lactones) is 1. The molecule has 19 heavy (non-hydrogen) atoms. The van der Waals surface area contributed by atoms with Crippen molar-refractivity contribution in [1.29, 1.82) is 0 Å². The van der Waals surface area contributed by atoms with Crippen molar-refractivity contribution in [2.24, 2.45) is 23.7 Å². The monoisotopic (exact) mass is 268 g/mol. The minimum Gasteiger partial charge on any atom is -0.435 e. The van der Waals surface area contributed by atoms with Crippen LogP contribution < -0.4 is 0 Å². The average Bonchev–Trinajstić information content (AvgIpc) is 2.69. The molecule has 1 aliphatic carbocycles. The summed E-state index contributed by atoms with van der Waals surface area (Å²) in [5.41, 5.74) is 0. The lowest BCUT2D eigenvalue weighted by molar-refractivity contribution is -0.186. The third-order valence-corrected chi connectivity index (χ3v) is 4.84. The maximum atomic E-state index is 11.6. The van der Waals surface area contributed by atoms with Crippen molar-refractivity contribution >= 4 is 5.97 Å². The standard InChI is InChI=1S/C16H28O3/c1-5-12-9-15(19-16(12)17)18-14-8-11(4)6-7-13(14)10(2)3/h10-15H,5-9H2,1-4H3/t11-,12-,13+,14-,15-/m1/s1. The number of hydrogen-bond donors (Lipinski definition) is 0. The van der Waals surface area contributed by atoms with Gasteiger partial charge in [-0.3, -0.25) is 4.79 Å². The number of ether oxygens (including phenoxy) is 2. The van der Waals surface area contributed by atoms with Gasteiger partial charge >= 0.3 is 5.97 Å². The minimum absolute atomic E-state index is 0.0449. The fraction of sp³-hybridized carbons (Fsp3) is 0.938. The van der Waals surface area contributed by atoms with Crippen molar-refractivity contribution in [3.8, 4) is 0 Å². The van der Waals surface area contributed by atoms with Crippen LogP contribution in [0.2, 0.25) is 0 Å². The van der Waals surface area contributed by atoms with Gasteiger partial charge < -0.3 is 9.47 Å². The van der Waals surface area contributed by atoms with Crippen molar-refractivity contribution in [2.45, 2.75) is 72.2 Å². The van der Waals surface area contributed by atoms with E-state index in [-0.39, 0.29) is 24.3 Å². The number of rotatable bonds is 4. The van der Waals surface area contributed by atoms with Gasteiger partial charge in [0, 0.05) is 6.42 Å². The van der Waals surface area contributed by atoms with Gasteiger partial charge in [0.05, 0.1) is 12.0 Å². The van der Waals surface area contributed by atoms with E-state index in [2.05, 4.69) is 20.8 Å². The van der Waals surface area contributed by atoms with Gasteiger partial charge in [-0.25, -0.2) is 0 Å². The molecule has 2 fully saturated rings. The molecule has 1 saturated carbocycles. The first kappa shape index (κ1) is 14.8. The van der Waals surface area contributed by atoms with Crippen molar-refractivity contribution in [3.05, 3.63) is 0 Å². The molecule has 2 rings (SSSR count). The molecule has 0 radical (unpaired) electrons. The zero-order valence-electron chi connectivity index (χ0n) is 12.7. The maximum absolute atomic E-state index is 11.6. The second-order valence-corrected chi connectivity index (χ2v) is 6.71. The van der Waals surface area contributed by atoms with Gasteiger partial charge in [-0.2, -0.15) is 0 Å². The summed E-state index contributed by atoms with van der Waals surface area (Å²) in [5, 5.41) is 0. The summed E-state index contributed by atoms with van der Waals surface area (Å²) in [4.78, 5) is 11.6. The van der Waals surface area contributed by atoms with E-state index in [1.165, 1.54) is 12.8 Å². The Balaban J connectivity index is 1.94. The van der Waals surface area contributed by atoms with Crippen LogP contribution in [0, 0.1) is 23.7 Å². The Hall–Kier alpha value is -0.570. The molecule has 2 aliphatic rings. The maximum Gasteiger partial charge on any atom is 0.311 e. The first-order chi connectivity index (χ1) is 9.01. The second kappa shape index (κ2) is 6.25. The SMILES string of the molecule is CC[C@@H]1C[C@H](O[C@@H]2C[C@H](C)CC[C@H]2C(C)C)OC1=O. The quantitative estimate of drug-likeness (QED) is 0.728. The topological polar surface area (TPSA) is 35.5 Å². The Bertz CT molecular complexity index is 313. The smallest absolute Gasteiger partial charge is 0.311 e. The minimum atomic E-state index is -0.297. The van der Waals surface area contributed by atoms with Crippen LogP contribution in [0.1, 0.15) is 59.8 Å². The molecule has 0 aromatic rings. The van der Waals surface area contributed by atoms with Gasteiger partial charge in [-0.1, -0.05) is 34.1 Å². The molecule has 0 spiro atoms. The van der Waals surface area contributed by atoms with Crippen LogP contribution >= 0.6 is 0 Å². The second-order valence-electron chi connectivity index (χ2n) is 6.71. The molecule has 0 amide bonds. The van der Waals surface area contributed by atoms with Gasteiger partial charge in [-0.05, 0) is 37.0 Å². The van der Waals surface area contributed by atoms with Gasteiger partial charge in [0.1, 0.15) is 0 Å². The normalized spacial score (nSPS) is 39.6. The summed E-state index contributed by atoms with van der Waals surface area (Å²) in [6.45, 7) is 8.87. The molecule has 0 aromatic carbocycles. The molecular weight excluding hydrogens is 240 g/mol. The summed E-state index contributed by atoms with van der Waals surface area (Å²) < 4.78 is 11.5. The lowest BCUT2D eigenvalue weighted by atomic mass is 9.75. The molecule has 3 nitrogen and oxygen atoms in total. The molecule has 110 valence electrons. The van der Waals surface area contributed by atoms with E-state index in [9.17, 15) is 4.79 Å². The Labute approximate surface area is 117 Å². The molecule has 1 saturated heterocycles. The Kier molecular flexibility index (Phi) is 4.88. The lowest BCUT2D eigenvalue weighted by Crippen LogP contribution is -2.37. The lowest BCUT2D eigenvalue weighted by Gasteiger charge is -2.38. The van der Waals surface area contributed by atoms with E-state index in [1.54, 1.807) is 0 Å². The predicted octanol–water partition coefficient (Wildman–Crippen LogP) is 3.76. The van der Waals surface area contributed by atoms with Crippen molar-refractivity contribution in [3.63, 3.8) is 0 Å². The van der Waals surface area contributed by atoms with E-state index < -0.39 is 0 Å². The summed E-state index contributed by atoms with van der Waals surface area (Å²) >= 11 is 0. The molecule has 3 heteroatoms. The first-order valence-electron chi connectivity index (χ1n) is 7.87. The third-order valence-electron chi connectivity index (χ3n) is 4.84. The highest BCUT2D eigenvalue weighted by Crippen LogP contribution is 2.37. The molecule has 0 unspecified atom stereocenters.